The highest BCUT2D eigenvalue weighted by molar-refractivity contribution is 5.71. The zero-order chi connectivity index (χ0) is 15.3. The summed E-state index contributed by atoms with van der Waals surface area (Å²) in [5, 5.41) is 7.73. The molecule has 6 heteroatoms. The summed E-state index contributed by atoms with van der Waals surface area (Å²) in [6.07, 6.45) is 6.39. The topological polar surface area (TPSA) is 60.2 Å². The van der Waals surface area contributed by atoms with Crippen LogP contribution in [0.1, 0.15) is 47.0 Å². The summed E-state index contributed by atoms with van der Waals surface area (Å²) in [5.74, 6) is 0.638. The second-order valence-corrected chi connectivity index (χ2v) is 7.61. The molecule has 2 aliphatic heterocycles. The van der Waals surface area contributed by atoms with Gasteiger partial charge in [-0.05, 0) is 46.0 Å². The van der Waals surface area contributed by atoms with E-state index in [1.54, 1.807) is 12.7 Å². The smallest absolute Gasteiger partial charge is 0.411 e. The van der Waals surface area contributed by atoms with Crippen LogP contribution >= 0.6 is 0 Å². The zero-order valence-electron chi connectivity index (χ0n) is 13.2. The van der Waals surface area contributed by atoms with Crippen molar-refractivity contribution < 1.29 is 9.53 Å². The van der Waals surface area contributed by atoms with Gasteiger partial charge in [0, 0.05) is 12.6 Å². The van der Waals surface area contributed by atoms with Gasteiger partial charge in [0.2, 0.25) is 0 Å². The Morgan fingerprint density at radius 3 is 2.62 bits per heavy atom. The van der Waals surface area contributed by atoms with Crippen LogP contribution in [-0.4, -0.2) is 42.9 Å². The Morgan fingerprint density at radius 1 is 1.33 bits per heavy atom. The molecule has 0 spiro atoms. The van der Waals surface area contributed by atoms with E-state index in [4.69, 9.17) is 4.74 Å². The van der Waals surface area contributed by atoms with Gasteiger partial charge in [0.25, 0.3) is 0 Å². The molecule has 1 amide bonds. The van der Waals surface area contributed by atoms with Crippen molar-refractivity contribution in [3.63, 3.8) is 0 Å². The molecule has 0 aromatic carbocycles. The Kier molecular flexibility index (Phi) is 3.22. The fourth-order valence-corrected chi connectivity index (χ4v) is 3.97. The number of carbonyl (C=O) groups is 1. The average molecular weight is 292 g/mol. The predicted octanol–water partition coefficient (Wildman–Crippen LogP) is 2.46. The minimum absolute atomic E-state index is 0.132. The molecule has 3 unspecified atom stereocenters. The second-order valence-electron chi connectivity index (χ2n) is 7.61. The second kappa shape index (κ2) is 4.71. The van der Waals surface area contributed by atoms with Crippen molar-refractivity contribution in [2.45, 2.75) is 70.7 Å². The maximum atomic E-state index is 12.6. The number of rotatable bonds is 2. The van der Waals surface area contributed by atoms with E-state index < -0.39 is 5.60 Å². The number of fused-ring (bicyclic) bond motifs is 2. The minimum Gasteiger partial charge on any atom is -0.444 e. The highest BCUT2D eigenvalue weighted by Crippen LogP contribution is 2.51. The number of aromatic nitrogens is 3. The molecule has 1 saturated carbocycles. The molecule has 116 valence electrons. The van der Waals surface area contributed by atoms with E-state index in [2.05, 4.69) is 17.1 Å². The lowest BCUT2D eigenvalue weighted by Crippen LogP contribution is -2.73. The van der Waals surface area contributed by atoms with Crippen molar-refractivity contribution in [2.75, 3.05) is 0 Å². The molecule has 4 rings (SSSR count). The Bertz CT molecular complexity index is 522. The first-order valence-electron chi connectivity index (χ1n) is 7.64. The number of hydrogen-bond donors (Lipinski definition) is 0. The van der Waals surface area contributed by atoms with E-state index in [0.717, 1.165) is 25.8 Å². The largest absolute Gasteiger partial charge is 0.444 e. The number of carbonyl (C=O) groups excluding carboxylic acids is 1. The van der Waals surface area contributed by atoms with Gasteiger partial charge in [-0.25, -0.2) is 4.79 Å². The average Bonchev–Trinajstić information content (AvgIpc) is 2.77. The van der Waals surface area contributed by atoms with Gasteiger partial charge < -0.3 is 9.30 Å². The van der Waals surface area contributed by atoms with Crippen LogP contribution in [0.5, 0.6) is 0 Å². The molecular formula is C15H24N4O2. The number of nitrogens with zero attached hydrogens (tertiary/aromatic N) is 4. The molecule has 3 atom stereocenters. The normalized spacial score (nSPS) is 31.7. The number of ether oxygens (including phenoxy) is 1. The molecule has 0 radical (unpaired) electrons. The van der Waals surface area contributed by atoms with Crippen molar-refractivity contribution in [3.8, 4) is 0 Å². The van der Waals surface area contributed by atoms with Gasteiger partial charge in [0.1, 0.15) is 18.3 Å². The van der Waals surface area contributed by atoms with Gasteiger partial charge >= 0.3 is 6.09 Å². The van der Waals surface area contributed by atoms with Gasteiger partial charge in [0.15, 0.2) is 0 Å². The van der Waals surface area contributed by atoms with Gasteiger partial charge in [-0.3, -0.25) is 4.90 Å². The Hall–Kier alpha value is -1.59. The molecule has 1 aromatic heterocycles. The monoisotopic (exact) mass is 292 g/mol. The number of amides is 1. The third kappa shape index (κ3) is 2.63. The lowest BCUT2D eigenvalue weighted by atomic mass is 9.64. The van der Waals surface area contributed by atoms with E-state index in [1.807, 2.05) is 30.2 Å². The highest BCUT2D eigenvalue weighted by Gasteiger charge is 2.59. The van der Waals surface area contributed by atoms with Crippen LogP contribution in [-0.2, 0) is 11.3 Å². The minimum atomic E-state index is -0.454. The molecule has 2 saturated heterocycles. The van der Waals surface area contributed by atoms with Crippen molar-refractivity contribution in [3.05, 3.63) is 12.7 Å². The van der Waals surface area contributed by atoms with Crippen molar-refractivity contribution in [2.24, 2.45) is 5.92 Å². The Morgan fingerprint density at radius 2 is 2.00 bits per heavy atom. The Labute approximate surface area is 125 Å². The summed E-state index contributed by atoms with van der Waals surface area (Å²) in [4.78, 5) is 14.5. The third-order valence-corrected chi connectivity index (χ3v) is 4.43. The lowest BCUT2D eigenvalue weighted by Gasteiger charge is -2.63. The summed E-state index contributed by atoms with van der Waals surface area (Å²) < 4.78 is 7.57. The molecule has 0 N–H and O–H groups in total. The molecule has 6 nitrogen and oxygen atoms in total. The maximum Gasteiger partial charge on any atom is 0.411 e. The predicted molar refractivity (Wildman–Crippen MR) is 77.6 cm³/mol. The first-order valence-corrected chi connectivity index (χ1v) is 7.64. The molecule has 1 aliphatic carbocycles. The summed E-state index contributed by atoms with van der Waals surface area (Å²) in [5.41, 5.74) is -0.586. The maximum absolute atomic E-state index is 12.6. The molecule has 2 bridgehead atoms. The van der Waals surface area contributed by atoms with Gasteiger partial charge in [-0.1, -0.05) is 6.92 Å². The van der Waals surface area contributed by atoms with Gasteiger partial charge in [-0.2, -0.15) is 0 Å². The van der Waals surface area contributed by atoms with Crippen molar-refractivity contribution >= 4 is 6.09 Å². The van der Waals surface area contributed by atoms with Gasteiger partial charge in [-0.15, -0.1) is 10.2 Å². The van der Waals surface area contributed by atoms with Crippen LogP contribution in [0, 0.1) is 5.92 Å². The van der Waals surface area contributed by atoms with E-state index >= 15 is 0 Å². The van der Waals surface area contributed by atoms with Crippen LogP contribution in [0.15, 0.2) is 12.7 Å². The first-order chi connectivity index (χ1) is 9.79. The van der Waals surface area contributed by atoms with E-state index in [9.17, 15) is 4.79 Å². The summed E-state index contributed by atoms with van der Waals surface area (Å²) in [7, 11) is 0. The SMILES string of the molecule is CC1CC2CC(Cn3cnnc3)(C1)N2C(=O)OC(C)(C)C. The lowest BCUT2D eigenvalue weighted by molar-refractivity contribution is -0.130. The molecular weight excluding hydrogens is 268 g/mol. The molecule has 3 aliphatic rings. The van der Waals surface area contributed by atoms with E-state index in [0.29, 0.717) is 12.0 Å². The molecule has 3 heterocycles. The van der Waals surface area contributed by atoms with E-state index in [-0.39, 0.29) is 11.6 Å². The van der Waals surface area contributed by atoms with Crippen LogP contribution < -0.4 is 0 Å². The highest BCUT2D eigenvalue weighted by atomic mass is 16.6. The fraction of sp³-hybridized carbons (Fsp3) is 0.800. The molecule has 1 aromatic rings. The Balaban J connectivity index is 1.80. The van der Waals surface area contributed by atoms with Crippen LogP contribution in [0.2, 0.25) is 0 Å². The van der Waals surface area contributed by atoms with Crippen LogP contribution in [0.3, 0.4) is 0 Å². The number of hydrogen-bond acceptors (Lipinski definition) is 4. The van der Waals surface area contributed by atoms with Crippen LogP contribution in [0.25, 0.3) is 0 Å². The standard InChI is InChI=1S/C15H24N4O2/c1-11-5-12-7-15(6-11,8-18-9-16-17-10-18)19(12)13(20)21-14(2,3)4/h9-12H,5-8H2,1-4H3. The molecule has 21 heavy (non-hydrogen) atoms. The first kappa shape index (κ1) is 14.4. The summed E-state index contributed by atoms with van der Waals surface area (Å²) >= 11 is 0. The third-order valence-electron chi connectivity index (χ3n) is 4.43. The zero-order valence-corrected chi connectivity index (χ0v) is 13.2. The van der Waals surface area contributed by atoms with Crippen LogP contribution in [0.4, 0.5) is 4.79 Å². The molecule has 3 fully saturated rings. The van der Waals surface area contributed by atoms with Crippen molar-refractivity contribution in [1.82, 2.24) is 19.7 Å². The summed E-state index contributed by atoms with van der Waals surface area (Å²) in [6, 6.07) is 0.320. The van der Waals surface area contributed by atoms with E-state index in [1.165, 1.54) is 0 Å². The quantitative estimate of drug-likeness (QED) is 0.840. The van der Waals surface area contributed by atoms with Crippen molar-refractivity contribution in [1.29, 1.82) is 0 Å². The fourth-order valence-electron chi connectivity index (χ4n) is 3.97. The number of piperidine rings is 1. The summed E-state index contributed by atoms with van der Waals surface area (Å²) in [6.45, 7) is 8.75. The van der Waals surface area contributed by atoms with Gasteiger partial charge in [0.05, 0.1) is 5.54 Å².